The summed E-state index contributed by atoms with van der Waals surface area (Å²) >= 11 is 0. The fourth-order valence-corrected chi connectivity index (χ4v) is 2.10. The molecule has 1 unspecified atom stereocenters. The van der Waals surface area contributed by atoms with Crippen LogP contribution in [0.4, 0.5) is 5.69 Å². The van der Waals surface area contributed by atoms with E-state index >= 15 is 0 Å². The lowest BCUT2D eigenvalue weighted by molar-refractivity contribution is -0.148. The molecule has 4 heteroatoms. The smallest absolute Gasteiger partial charge is 0.394 e. The summed E-state index contributed by atoms with van der Waals surface area (Å²) in [6.45, 7) is 2.49. The van der Waals surface area contributed by atoms with Crippen LogP contribution in [0.25, 0.3) is 0 Å². The van der Waals surface area contributed by atoms with Gasteiger partial charge in [0.1, 0.15) is 0 Å². The minimum atomic E-state index is -1.40. The molecule has 1 aromatic carbocycles. The molecule has 1 aromatic rings. The summed E-state index contributed by atoms with van der Waals surface area (Å²) in [6.07, 6.45) is 0.888. The molecule has 0 saturated carbocycles. The molecule has 1 heterocycles. The number of nitrogens with zero attached hydrogens (tertiary/aromatic N) is 1. The third-order valence-corrected chi connectivity index (χ3v) is 2.77. The van der Waals surface area contributed by atoms with Crippen LogP contribution in [0.1, 0.15) is 12.5 Å². The van der Waals surface area contributed by atoms with Crippen molar-refractivity contribution >= 4 is 17.6 Å². The van der Waals surface area contributed by atoms with E-state index in [0.717, 1.165) is 17.7 Å². The number of amides is 1. The molecule has 16 heavy (non-hydrogen) atoms. The Morgan fingerprint density at radius 3 is 2.75 bits per heavy atom. The molecule has 0 aliphatic carbocycles. The van der Waals surface area contributed by atoms with Gasteiger partial charge in [0, 0.05) is 12.2 Å². The second-order valence-electron chi connectivity index (χ2n) is 4.16. The Hall–Kier alpha value is -1.84. The van der Waals surface area contributed by atoms with Crippen LogP contribution in [0.5, 0.6) is 0 Å². The minimum Gasteiger partial charge on any atom is -0.474 e. The Balaban J connectivity index is 2.41. The van der Waals surface area contributed by atoms with Gasteiger partial charge in [0.05, 0.1) is 0 Å². The van der Waals surface area contributed by atoms with Gasteiger partial charge in [-0.25, -0.2) is 4.79 Å². The van der Waals surface area contributed by atoms with Crippen LogP contribution in [0.2, 0.25) is 0 Å². The zero-order valence-corrected chi connectivity index (χ0v) is 9.01. The van der Waals surface area contributed by atoms with Crippen molar-refractivity contribution in [2.45, 2.75) is 13.3 Å². The van der Waals surface area contributed by atoms with E-state index in [-0.39, 0.29) is 5.92 Å². The maximum Gasteiger partial charge on any atom is 0.394 e. The normalized spacial score (nSPS) is 19.1. The Morgan fingerprint density at radius 2 is 2.06 bits per heavy atom. The highest BCUT2D eigenvalue weighted by Gasteiger charge is 2.29. The lowest BCUT2D eigenvalue weighted by atomic mass is 9.94. The maximum absolute atomic E-state index is 11.5. The molecular formula is C12H13NO3. The molecule has 0 radical (unpaired) electrons. The maximum atomic E-state index is 11.5. The molecule has 0 aromatic heterocycles. The van der Waals surface area contributed by atoms with Crippen molar-refractivity contribution in [1.29, 1.82) is 0 Å². The second kappa shape index (κ2) is 3.96. The van der Waals surface area contributed by atoms with Crippen molar-refractivity contribution in [3.05, 3.63) is 29.8 Å². The number of fused-ring (bicyclic) bond motifs is 1. The molecule has 4 nitrogen and oxygen atoms in total. The predicted octanol–water partition coefficient (Wildman–Crippen LogP) is 1.30. The van der Waals surface area contributed by atoms with E-state index in [2.05, 4.69) is 0 Å². The summed E-state index contributed by atoms with van der Waals surface area (Å²) < 4.78 is 0. The molecule has 1 aliphatic rings. The number of aliphatic carboxylic acids is 1. The van der Waals surface area contributed by atoms with Crippen LogP contribution < -0.4 is 4.90 Å². The lowest BCUT2D eigenvalue weighted by Crippen LogP contribution is -2.42. The van der Waals surface area contributed by atoms with Gasteiger partial charge in [-0.3, -0.25) is 4.79 Å². The number of carboxylic acids is 1. The Labute approximate surface area is 93.5 Å². The summed E-state index contributed by atoms with van der Waals surface area (Å²) in [5.41, 5.74) is 1.77. The van der Waals surface area contributed by atoms with Gasteiger partial charge in [-0.05, 0) is 24.0 Å². The summed E-state index contributed by atoms with van der Waals surface area (Å²) in [5.74, 6) is -1.96. The second-order valence-corrected chi connectivity index (χ2v) is 4.16. The van der Waals surface area contributed by atoms with Gasteiger partial charge in [0.15, 0.2) is 0 Å². The van der Waals surface area contributed by atoms with Gasteiger partial charge >= 0.3 is 11.9 Å². The van der Waals surface area contributed by atoms with Crippen molar-refractivity contribution in [2.24, 2.45) is 5.92 Å². The highest BCUT2D eigenvalue weighted by atomic mass is 16.4. The van der Waals surface area contributed by atoms with Crippen LogP contribution >= 0.6 is 0 Å². The number of anilines is 1. The van der Waals surface area contributed by atoms with E-state index in [1.54, 1.807) is 6.07 Å². The molecule has 0 saturated heterocycles. The highest BCUT2D eigenvalue weighted by molar-refractivity contribution is 6.37. The van der Waals surface area contributed by atoms with E-state index in [1.807, 2.05) is 25.1 Å². The first-order chi connectivity index (χ1) is 7.59. The van der Waals surface area contributed by atoms with Gasteiger partial charge in [-0.2, -0.15) is 0 Å². The van der Waals surface area contributed by atoms with E-state index in [4.69, 9.17) is 5.11 Å². The Kier molecular flexibility index (Phi) is 2.64. The average Bonchev–Trinajstić information content (AvgIpc) is 2.26. The topological polar surface area (TPSA) is 57.6 Å². The number of rotatable bonds is 0. The first-order valence-electron chi connectivity index (χ1n) is 5.22. The zero-order chi connectivity index (χ0) is 11.7. The van der Waals surface area contributed by atoms with E-state index in [0.29, 0.717) is 6.54 Å². The standard InChI is InChI=1S/C12H13NO3/c1-8-6-9-4-2-3-5-10(9)13(7-8)11(14)12(15)16/h2-5,8H,6-7H2,1H3,(H,15,16). The molecule has 0 bridgehead atoms. The third-order valence-electron chi connectivity index (χ3n) is 2.77. The first-order valence-corrected chi connectivity index (χ1v) is 5.22. The average molecular weight is 219 g/mol. The number of hydrogen-bond donors (Lipinski definition) is 1. The van der Waals surface area contributed by atoms with Crippen LogP contribution in [0.15, 0.2) is 24.3 Å². The molecule has 1 amide bonds. The molecule has 0 spiro atoms. The third kappa shape index (κ3) is 1.78. The highest BCUT2D eigenvalue weighted by Crippen LogP contribution is 2.29. The number of para-hydroxylation sites is 1. The largest absolute Gasteiger partial charge is 0.474 e. The van der Waals surface area contributed by atoms with Crippen molar-refractivity contribution in [2.75, 3.05) is 11.4 Å². The van der Waals surface area contributed by atoms with Crippen molar-refractivity contribution in [3.63, 3.8) is 0 Å². The van der Waals surface area contributed by atoms with Crippen molar-refractivity contribution in [3.8, 4) is 0 Å². The predicted molar refractivity (Wildman–Crippen MR) is 59.3 cm³/mol. The number of benzene rings is 1. The number of carbonyl (C=O) groups is 2. The van der Waals surface area contributed by atoms with E-state index in [1.165, 1.54) is 4.90 Å². The molecule has 1 N–H and O–H groups in total. The summed E-state index contributed by atoms with van der Waals surface area (Å²) in [5, 5.41) is 8.75. The molecule has 1 aliphatic heterocycles. The van der Waals surface area contributed by atoms with Crippen LogP contribution in [0, 0.1) is 5.92 Å². The Bertz CT molecular complexity index is 442. The lowest BCUT2D eigenvalue weighted by Gasteiger charge is -2.31. The Morgan fingerprint density at radius 1 is 1.38 bits per heavy atom. The van der Waals surface area contributed by atoms with Crippen molar-refractivity contribution < 1.29 is 14.7 Å². The van der Waals surface area contributed by atoms with Gasteiger partial charge in [-0.1, -0.05) is 25.1 Å². The molecule has 84 valence electrons. The number of carbonyl (C=O) groups excluding carboxylic acids is 1. The van der Waals surface area contributed by atoms with Crippen molar-refractivity contribution in [1.82, 2.24) is 0 Å². The molecule has 0 fully saturated rings. The molecular weight excluding hydrogens is 206 g/mol. The summed E-state index contributed by atoms with van der Waals surface area (Å²) in [7, 11) is 0. The fraction of sp³-hybridized carbons (Fsp3) is 0.333. The van der Waals surface area contributed by atoms with E-state index < -0.39 is 11.9 Å². The zero-order valence-electron chi connectivity index (χ0n) is 9.01. The van der Waals surface area contributed by atoms with Gasteiger partial charge < -0.3 is 10.0 Å². The van der Waals surface area contributed by atoms with Gasteiger partial charge in [0.25, 0.3) is 0 Å². The fourth-order valence-electron chi connectivity index (χ4n) is 2.10. The monoisotopic (exact) mass is 219 g/mol. The number of hydrogen-bond acceptors (Lipinski definition) is 2. The number of carboxylic acid groups (broad SMARTS) is 1. The SMILES string of the molecule is CC1Cc2ccccc2N(C(=O)C(=O)O)C1. The molecule has 1 atom stereocenters. The van der Waals surface area contributed by atoms with E-state index in [9.17, 15) is 9.59 Å². The summed E-state index contributed by atoms with van der Waals surface area (Å²) in [4.78, 5) is 23.6. The quantitative estimate of drug-likeness (QED) is 0.669. The van der Waals surface area contributed by atoms with Crippen LogP contribution in [-0.2, 0) is 16.0 Å². The van der Waals surface area contributed by atoms with Crippen LogP contribution in [0.3, 0.4) is 0 Å². The van der Waals surface area contributed by atoms with Gasteiger partial charge in [-0.15, -0.1) is 0 Å². The summed E-state index contributed by atoms with van der Waals surface area (Å²) in [6, 6.07) is 7.45. The minimum absolute atomic E-state index is 0.290. The first kappa shape index (κ1) is 10.7. The van der Waals surface area contributed by atoms with Gasteiger partial charge in [0.2, 0.25) is 0 Å². The molecule has 2 rings (SSSR count). The van der Waals surface area contributed by atoms with Crippen LogP contribution in [-0.4, -0.2) is 23.5 Å².